The Bertz CT molecular complexity index is 2180. The third-order valence-corrected chi connectivity index (χ3v) is 20.6. The van der Waals surface area contributed by atoms with Gasteiger partial charge in [-0.3, -0.25) is 46.9 Å². The minimum atomic E-state index is -4.69. The summed E-state index contributed by atoms with van der Waals surface area (Å²) in [6, 6.07) is -1.81. The molecule has 0 aromatic heterocycles. The van der Waals surface area contributed by atoms with Gasteiger partial charge in [-0.1, -0.05) is 233 Å². The lowest BCUT2D eigenvalue weighted by atomic mass is 10.1. The van der Waals surface area contributed by atoms with Gasteiger partial charge in [0.15, 0.2) is 0 Å². The van der Waals surface area contributed by atoms with E-state index in [0.29, 0.717) is 77.0 Å². The molecular weight excluding hydrogens is 1420 g/mol. The van der Waals surface area contributed by atoms with Crippen LogP contribution in [0.4, 0.5) is 0 Å². The van der Waals surface area contributed by atoms with Gasteiger partial charge in [0, 0.05) is 52.0 Å². The second kappa shape index (κ2) is 74.8. The molecule has 0 bridgehead atoms. The number of allylic oxidation sites excluding steroid dienone is 4. The maximum absolute atomic E-state index is 13.6. The van der Waals surface area contributed by atoms with E-state index in [0.717, 1.165) is 167 Å². The van der Waals surface area contributed by atoms with Gasteiger partial charge >= 0.3 is 27.6 Å². The van der Waals surface area contributed by atoms with Crippen LogP contribution in [0.1, 0.15) is 363 Å². The highest BCUT2D eigenvalue weighted by Crippen LogP contribution is 2.44. The molecule has 4 unspecified atom stereocenters. The second-order valence-electron chi connectivity index (χ2n) is 29.2. The van der Waals surface area contributed by atoms with Crippen LogP contribution in [0, 0.1) is 0 Å². The number of nitrogens with one attached hydrogen (secondary N) is 4. The van der Waals surface area contributed by atoms with Crippen molar-refractivity contribution in [2.24, 2.45) is 0 Å². The van der Waals surface area contributed by atoms with Crippen LogP contribution in [0.5, 0.6) is 0 Å². The number of amides is 4. The molecule has 0 heterocycles. The van der Waals surface area contributed by atoms with Crippen molar-refractivity contribution in [1.29, 1.82) is 0 Å². The van der Waals surface area contributed by atoms with E-state index in [1.54, 1.807) is 0 Å². The van der Waals surface area contributed by atoms with Crippen LogP contribution in [0.2, 0.25) is 0 Å². The lowest BCUT2D eigenvalue weighted by Gasteiger charge is -2.23. The molecule has 108 heavy (non-hydrogen) atoms. The van der Waals surface area contributed by atoms with Crippen LogP contribution in [-0.2, 0) is 74.9 Å². The predicted octanol–water partition coefficient (Wildman–Crippen LogP) is 17.8. The molecule has 26 heteroatoms. The van der Waals surface area contributed by atoms with Gasteiger partial charge in [0.25, 0.3) is 0 Å². The number of phosphoric ester groups is 2. The fourth-order valence-corrected chi connectivity index (χ4v) is 13.6. The number of unbranched alkanes of at least 4 members (excludes halogenated alkanes) is 29. The van der Waals surface area contributed by atoms with Crippen molar-refractivity contribution in [3.63, 3.8) is 0 Å². The van der Waals surface area contributed by atoms with Gasteiger partial charge in [0.1, 0.15) is 12.2 Å². The highest BCUT2D eigenvalue weighted by Gasteiger charge is 2.29. The van der Waals surface area contributed by atoms with E-state index in [1.165, 1.54) is 38.5 Å². The van der Waals surface area contributed by atoms with Crippen molar-refractivity contribution < 1.29 is 94.9 Å². The highest BCUT2D eigenvalue weighted by atomic mass is 31.2. The van der Waals surface area contributed by atoms with E-state index in [-0.39, 0.29) is 115 Å². The molecule has 4 amide bonds. The van der Waals surface area contributed by atoms with E-state index in [1.807, 2.05) is 0 Å². The second-order valence-corrected chi connectivity index (χ2v) is 32.1. The first kappa shape index (κ1) is 104. The quantitative estimate of drug-likeness (QED) is 0.0121. The average Bonchev–Trinajstić information content (AvgIpc) is 0.907. The number of hydrogen-bond acceptors (Lipinski definition) is 18. The zero-order valence-electron chi connectivity index (χ0n) is 68.4. The predicted molar refractivity (Wildman–Crippen MR) is 430 cm³/mol. The summed E-state index contributed by atoms with van der Waals surface area (Å²) >= 11 is 0. The molecule has 0 fully saturated rings. The van der Waals surface area contributed by atoms with Gasteiger partial charge in [0.05, 0.1) is 76.8 Å². The number of rotatable bonds is 81. The number of carbonyl (C=O) groups excluding carboxylic acids is 6. The monoisotopic (exact) mass is 1580 g/mol. The first-order valence-corrected chi connectivity index (χ1v) is 45.8. The van der Waals surface area contributed by atoms with Crippen LogP contribution in [0.25, 0.3) is 0 Å². The van der Waals surface area contributed by atoms with Crippen molar-refractivity contribution in [2.75, 3.05) is 65.9 Å². The molecule has 0 radical (unpaired) electrons. The minimum absolute atomic E-state index is 0.0915. The number of ether oxygens (including phenoxy) is 4. The van der Waals surface area contributed by atoms with Gasteiger partial charge in [-0.15, -0.1) is 0 Å². The smallest absolute Gasteiger partial charge is 0.462 e. The Balaban J connectivity index is 5.31. The number of carbonyl (C=O) groups is 6. The molecule has 0 aliphatic carbocycles. The number of phosphoric acid groups is 2. The largest absolute Gasteiger partial charge is 0.472 e. The molecule has 634 valence electrons. The molecule has 0 saturated heterocycles. The lowest BCUT2D eigenvalue weighted by molar-refractivity contribution is -0.152. The normalized spacial score (nSPS) is 14.6. The number of hydrogen-bond donors (Lipinski definition) is 8. The summed E-state index contributed by atoms with van der Waals surface area (Å²) < 4.78 is 70.7. The Labute approximate surface area is 653 Å². The van der Waals surface area contributed by atoms with Crippen molar-refractivity contribution in [3.05, 3.63) is 24.3 Å². The Kier molecular flexibility index (Phi) is 72.2. The zero-order valence-corrected chi connectivity index (χ0v) is 70.2. The fourth-order valence-electron chi connectivity index (χ4n) is 12.1. The van der Waals surface area contributed by atoms with E-state index < -0.39 is 77.2 Å². The first-order chi connectivity index (χ1) is 52.2. The summed E-state index contributed by atoms with van der Waals surface area (Å²) in [6.07, 6.45) is 46.9. The Morgan fingerprint density at radius 2 is 0.639 bits per heavy atom. The Morgan fingerprint density at radius 1 is 0.333 bits per heavy atom. The molecular formula is C82H156N4O20P2. The molecule has 0 aliphatic heterocycles. The summed E-state index contributed by atoms with van der Waals surface area (Å²) in [7, 11) is -9.38. The molecule has 0 rings (SSSR count). The standard InChI is InChI=1S/C82H156N4O20P2/c1-7-13-19-25-27-29-31-37-47-55-81(93)105-75(51-43-35-23-17-11-5)65-79(91)85-71(67-99-61-57-73(87)49-41-33-21-15-9-3)69-103-107(95,96)101-63-59-83-77(89)53-45-39-40-46-54-78(90)84-60-64-102-108(97,98)104-70-72(68-100-62-58-74(88)50-42-34-22-16-10-4)86-80(92)66-76(52-44-36-24-18-12-6)106-82(94)56-48-38-32-30-28-26-20-14-8-2/h29-32,71-76,87-88H,7-28,33-70H2,1-6H3,(H,83,89)(H,84,90)(H,85,91)(H,86,92)(H,95,96)(H,97,98)/b31-29-,32-30-/t71?,72?,73-,74-,75-,76-/m1/s1. The molecule has 8 atom stereocenters. The maximum Gasteiger partial charge on any atom is 0.472 e. The zero-order chi connectivity index (χ0) is 79.7. The lowest BCUT2D eigenvalue weighted by Crippen LogP contribution is -2.43. The SMILES string of the molecule is CCCCCC/C=C\CCCC(=O)O[C@H](CCCCCCC)CC(=O)NC(COCC[C@H](O)CCCCCCC)COP(=O)(O)OCCNC(=O)CCCCCCC(=O)NCCOP(=O)(O)OCC(COCC[C@H](O)CCCCCCC)NC(=O)C[C@@H](CCCCCCC)OC(=O)CCC/C=C\CCCCCC. The van der Waals surface area contributed by atoms with Crippen LogP contribution in [-0.4, -0.2) is 158 Å². The third-order valence-electron chi connectivity index (χ3n) is 18.6. The number of aliphatic hydroxyl groups is 2. The molecule has 24 nitrogen and oxygen atoms in total. The fraction of sp³-hybridized carbons (Fsp3) is 0.878. The molecule has 0 aliphatic rings. The van der Waals surface area contributed by atoms with Crippen LogP contribution < -0.4 is 21.3 Å². The summed E-state index contributed by atoms with van der Waals surface area (Å²) in [6.45, 7) is 11.3. The number of aliphatic hydroxyl groups excluding tert-OH is 2. The highest BCUT2D eigenvalue weighted by molar-refractivity contribution is 7.47. The van der Waals surface area contributed by atoms with Crippen LogP contribution >= 0.6 is 15.6 Å². The minimum Gasteiger partial charge on any atom is -0.462 e. The number of esters is 2. The molecule has 0 saturated carbocycles. The first-order valence-electron chi connectivity index (χ1n) is 42.8. The van der Waals surface area contributed by atoms with Crippen molar-refractivity contribution in [3.8, 4) is 0 Å². The van der Waals surface area contributed by atoms with E-state index >= 15 is 0 Å². The topological polar surface area (TPSA) is 339 Å². The van der Waals surface area contributed by atoms with E-state index in [4.69, 9.17) is 37.0 Å². The van der Waals surface area contributed by atoms with Crippen molar-refractivity contribution in [2.45, 2.75) is 399 Å². The third kappa shape index (κ3) is 71.4. The average molecular weight is 1580 g/mol. The maximum atomic E-state index is 13.6. The Hall–Kier alpha value is -3.64. The summed E-state index contributed by atoms with van der Waals surface area (Å²) in [5.41, 5.74) is 0. The Morgan fingerprint density at radius 3 is 0.981 bits per heavy atom. The van der Waals surface area contributed by atoms with Crippen LogP contribution in [0.3, 0.4) is 0 Å². The van der Waals surface area contributed by atoms with Gasteiger partial charge in [-0.2, -0.15) is 0 Å². The molecule has 0 aromatic carbocycles. The molecule has 8 N–H and O–H groups in total. The van der Waals surface area contributed by atoms with E-state index in [9.17, 15) is 57.9 Å². The van der Waals surface area contributed by atoms with Crippen molar-refractivity contribution >= 4 is 51.2 Å². The summed E-state index contributed by atoms with van der Waals surface area (Å²) in [5.74, 6) is -2.25. The van der Waals surface area contributed by atoms with Gasteiger partial charge < -0.3 is 60.2 Å². The van der Waals surface area contributed by atoms with Gasteiger partial charge in [-0.05, 0) is 116 Å². The van der Waals surface area contributed by atoms with Crippen LogP contribution in [0.15, 0.2) is 24.3 Å². The van der Waals surface area contributed by atoms with E-state index in [2.05, 4.69) is 87.1 Å². The van der Waals surface area contributed by atoms with Gasteiger partial charge in [0.2, 0.25) is 23.6 Å². The van der Waals surface area contributed by atoms with Gasteiger partial charge in [-0.25, -0.2) is 9.13 Å². The summed E-state index contributed by atoms with van der Waals surface area (Å²) in [4.78, 5) is 100.0. The molecule has 0 aromatic rings. The molecule has 0 spiro atoms. The van der Waals surface area contributed by atoms with Crippen molar-refractivity contribution in [1.82, 2.24) is 21.3 Å². The summed E-state index contributed by atoms with van der Waals surface area (Å²) in [5, 5.41) is 32.2.